The van der Waals surface area contributed by atoms with Crippen molar-refractivity contribution < 1.29 is 79.8 Å². The van der Waals surface area contributed by atoms with Crippen LogP contribution in [0.1, 0.15) is 305 Å². The van der Waals surface area contributed by atoms with Crippen LogP contribution in [-0.4, -0.2) is 261 Å². The van der Waals surface area contributed by atoms with Gasteiger partial charge in [0.15, 0.2) is 22.5 Å². The zero-order valence-corrected chi connectivity index (χ0v) is 89.6. The molecule has 1 aliphatic carbocycles. The Labute approximate surface area is 837 Å². The Morgan fingerprint density at radius 1 is 0.544 bits per heavy atom. The van der Waals surface area contributed by atoms with Crippen LogP contribution >= 0.6 is 18.7 Å². The number of amides is 4. The van der Waals surface area contributed by atoms with Crippen LogP contribution in [0.15, 0.2) is 54.6 Å². The molecule has 0 bridgehead atoms. The molecule has 2 aromatic carbocycles. The van der Waals surface area contributed by atoms with E-state index in [4.69, 9.17) is 81.3 Å². The van der Waals surface area contributed by atoms with Crippen molar-refractivity contribution >= 4 is 58.4 Å². The average molecular weight is 2000 g/mol. The molecule has 3 fully saturated rings. The number of sulfonamides is 1. The Hall–Kier alpha value is -5.08. The van der Waals surface area contributed by atoms with Crippen molar-refractivity contribution in [1.29, 1.82) is 0 Å². The van der Waals surface area contributed by atoms with Gasteiger partial charge in [-0.25, -0.2) is 32.7 Å². The van der Waals surface area contributed by atoms with Crippen molar-refractivity contribution in [2.24, 2.45) is 63.9 Å². The number of hydrogen-bond donors (Lipinski definition) is 8. The van der Waals surface area contributed by atoms with Gasteiger partial charge in [-0.3, -0.25) is 4.79 Å². The van der Waals surface area contributed by atoms with E-state index in [0.717, 1.165) is 179 Å². The highest BCUT2D eigenvalue weighted by Gasteiger charge is 2.38. The number of aliphatic hydroxyl groups excluding tert-OH is 1. The molecule has 804 valence electrons. The first kappa shape index (κ1) is 142. The number of aromatic nitrogens is 2. The van der Waals surface area contributed by atoms with E-state index >= 15 is 0 Å². The Bertz CT molecular complexity index is 3410. The number of carbonyl (C=O) groups excluding carboxylic acids is 3. The van der Waals surface area contributed by atoms with Crippen molar-refractivity contribution in [2.75, 3.05) is 209 Å². The van der Waals surface area contributed by atoms with Crippen LogP contribution in [0, 0.1) is 58.2 Å². The van der Waals surface area contributed by atoms with Gasteiger partial charge in [0.1, 0.15) is 24.8 Å². The number of nitrogens with zero attached hydrogens (tertiary/aromatic N) is 4. The molecule has 2 saturated heterocycles. The van der Waals surface area contributed by atoms with Crippen LogP contribution in [0.25, 0.3) is 0 Å². The van der Waals surface area contributed by atoms with Gasteiger partial charge in [-0.15, -0.1) is 0 Å². The lowest BCUT2D eigenvalue weighted by atomic mass is 9.65. The molecule has 136 heavy (non-hydrogen) atoms. The molecule has 0 radical (unpaired) electrons. The predicted octanol–water partition coefficient (Wildman–Crippen LogP) is 21.7. The van der Waals surface area contributed by atoms with E-state index < -0.39 is 34.8 Å². The molecule has 0 unspecified atom stereocenters. The number of ether oxygens (including phenoxy) is 10. The largest absolute Gasteiger partial charge is 0.486 e. The fourth-order valence-electron chi connectivity index (χ4n) is 13.5. The van der Waals surface area contributed by atoms with Gasteiger partial charge < -0.3 is 100.0 Å². The van der Waals surface area contributed by atoms with E-state index in [-0.39, 0.29) is 58.2 Å². The summed E-state index contributed by atoms with van der Waals surface area (Å²) in [4.78, 5) is 47.9. The minimum atomic E-state index is -2.97. The first-order valence-corrected chi connectivity index (χ1v) is 54.5. The highest BCUT2D eigenvalue weighted by Crippen LogP contribution is 2.45. The van der Waals surface area contributed by atoms with Gasteiger partial charge in [0.05, 0.1) is 78.9 Å². The molecule has 0 atom stereocenters. The number of likely N-dealkylation sites (tertiary alicyclic amines) is 2. The normalized spacial score (nSPS) is 13.9. The number of alkyl carbamates (subject to hydrolysis) is 1. The Morgan fingerprint density at radius 2 is 0.971 bits per heavy atom. The molecule has 2 aliphatic heterocycles. The number of rotatable bonds is 55. The smallest absolute Gasteiger partial charge is 0.407 e. The zero-order valence-electron chi connectivity index (χ0n) is 87.2. The summed E-state index contributed by atoms with van der Waals surface area (Å²) in [5, 5.41) is 17.6. The lowest BCUT2D eigenvalue weighted by Gasteiger charge is -2.43. The van der Waals surface area contributed by atoms with E-state index in [1.165, 1.54) is 68.7 Å². The first-order valence-electron chi connectivity index (χ1n) is 49.4. The molecule has 3 heterocycles. The summed E-state index contributed by atoms with van der Waals surface area (Å²) in [6, 6.07) is 19.5. The Kier molecular flexibility index (Phi) is 89.0. The molecule has 4 amide bonds. The van der Waals surface area contributed by atoms with Crippen molar-refractivity contribution in [2.45, 2.75) is 308 Å². The number of piperidine rings is 2. The van der Waals surface area contributed by atoms with Gasteiger partial charge in [-0.2, -0.15) is 0 Å². The van der Waals surface area contributed by atoms with Crippen molar-refractivity contribution in [1.82, 2.24) is 40.4 Å². The van der Waals surface area contributed by atoms with Gasteiger partial charge in [0.25, 0.3) is 5.91 Å². The van der Waals surface area contributed by atoms with Gasteiger partial charge >= 0.3 is 12.1 Å². The highest BCUT2D eigenvalue weighted by molar-refractivity contribution is 7.88. The Balaban J connectivity index is -0.000000363. The standard InChI is InChI=1S/C24H39N3O.C15H25O2P.C14H24ClN5O3.C14H29NO4.C10H22O2.C9H21NO2.C9H18O.C6H15NO2S.4CH4/c1-20(2)19-24(12-9-21-7-5-4-6-8-21)13-17-27(18-14-24)23(28)25-22-10-15-26(3)16-11-22;1-13(2)6-5-7-14-8-10-15(11-9-14)17-12-18(3,4)16;1-9(2)3-5-22-7-8-23-6-4-18-14(21)10-12(16)20-13(17)11(15)19-10;1-12(2)6-8-17-10-11-18-9-7-15-13(16)19-14(3,4)5;1-4-6-11-8-9-12-7-5-10(2)3;1-9(2)3-5-11-7-8-12-6-4-10;1-8(2)6-9(7-10)4-3-5-9;1-6(2)4-5-7-10(3,8)9;;;;/h4-8,20,22H,9-19H2,1-3H3,(H,25,28);8-11,13H,5-7,12H2,1-4H3;9H,3-8H2,1-2H3,(H,18,21)(H4,16,17,20);12H,6-11H2,1-5H3,(H,15,16);10H,4-9H2,1-3H3;9H,3-8,10H2,1-2H3;8,10H,3-7H2,1-2H3;6-7H,4-5H2,1-3H3;4*1H4. The van der Waals surface area contributed by atoms with Gasteiger partial charge in [0, 0.05) is 85.0 Å². The van der Waals surface area contributed by atoms with E-state index in [9.17, 15) is 27.4 Å². The topological polar surface area (TPSA) is 373 Å². The number of halogens is 1. The van der Waals surface area contributed by atoms with Crippen LogP contribution < -0.4 is 42.6 Å². The molecule has 28 nitrogen and oxygen atoms in total. The molecular weight excluding hydrogens is 1790 g/mol. The second-order valence-electron chi connectivity index (χ2n) is 40.1. The highest BCUT2D eigenvalue weighted by atomic mass is 35.5. The SMILES string of the molecule is C.C.C.C.CC(C)CC1(CCc2ccccc2)CCN(C(=O)NC2CCN(C)CC2)CC1.CC(C)CC1(CO)CCC1.CC(C)CCCc1ccc(OCP(C)(C)=O)cc1.CC(C)CCNS(C)(=O)=O.CC(C)CCOCCOCCN.CC(C)CCOCCOCCNC(=O)OC(C)(C)C.CC(C)CCOCCOCCNC(=O)c1nc(Cl)c(N)nc1N.CCCOCCOCCC(C)C. The maximum Gasteiger partial charge on any atom is 0.407 e. The van der Waals surface area contributed by atoms with Gasteiger partial charge in [-0.05, 0) is 251 Å². The van der Waals surface area contributed by atoms with Crippen LogP contribution in [0.2, 0.25) is 5.15 Å². The number of benzene rings is 2. The van der Waals surface area contributed by atoms with Crippen LogP contribution in [0.3, 0.4) is 0 Å². The molecule has 1 saturated carbocycles. The van der Waals surface area contributed by atoms with E-state index in [1.807, 2.05) is 32.9 Å². The lowest BCUT2D eigenvalue weighted by Crippen LogP contribution is -2.52. The molecule has 3 aromatic rings. The van der Waals surface area contributed by atoms with Crippen molar-refractivity contribution in [3.63, 3.8) is 0 Å². The third-order valence-corrected chi connectivity index (χ3v) is 23.0. The summed E-state index contributed by atoms with van der Waals surface area (Å²) in [5.74, 6) is 5.78. The van der Waals surface area contributed by atoms with E-state index in [0.29, 0.717) is 139 Å². The molecule has 6 rings (SSSR count). The number of nitrogens with two attached hydrogens (primary N) is 3. The van der Waals surface area contributed by atoms with Crippen LogP contribution in [-0.2, 0) is 70.1 Å². The summed E-state index contributed by atoms with van der Waals surface area (Å²) in [5.41, 5.74) is 19.3. The van der Waals surface area contributed by atoms with Crippen molar-refractivity contribution in [3.8, 4) is 5.75 Å². The summed E-state index contributed by atoms with van der Waals surface area (Å²) in [7, 11) is -2.90. The summed E-state index contributed by atoms with van der Waals surface area (Å²) in [6.45, 7) is 63.1. The summed E-state index contributed by atoms with van der Waals surface area (Å²) < 4.78 is 88.1. The van der Waals surface area contributed by atoms with Crippen molar-refractivity contribution in [3.05, 3.63) is 76.6 Å². The number of urea groups is 1. The predicted molar refractivity (Wildman–Crippen MR) is 574 cm³/mol. The second-order valence-corrected chi connectivity index (χ2v) is 45.7. The number of carbonyl (C=O) groups is 3. The van der Waals surface area contributed by atoms with E-state index in [1.54, 1.807) is 13.3 Å². The quantitative estimate of drug-likeness (QED) is 0.0192. The van der Waals surface area contributed by atoms with Gasteiger partial charge in [0.2, 0.25) is 10.0 Å². The average Bonchev–Trinajstić information content (AvgIpc) is 0.812. The Morgan fingerprint density at radius 3 is 1.36 bits per heavy atom. The number of nitrogens with one attached hydrogen (secondary N) is 4. The third kappa shape index (κ3) is 86.8. The minimum Gasteiger partial charge on any atom is -0.486 e. The second kappa shape index (κ2) is 85.5. The number of aryl methyl sites for hydroxylation is 2. The van der Waals surface area contributed by atoms with Crippen LogP contribution in [0.4, 0.5) is 21.2 Å². The fraction of sp³-hybridized carbons (Fsp3) is 0.819. The number of anilines is 2. The molecule has 3 aliphatic rings. The monoisotopic (exact) mass is 1990 g/mol. The molecule has 11 N–H and O–H groups in total. The maximum atomic E-state index is 12.8. The number of aliphatic hydroxyl groups is 1. The fourth-order valence-corrected chi connectivity index (χ4v) is 14.6. The molecule has 31 heteroatoms. The number of hydrogen-bond acceptors (Lipinski definition) is 23. The summed E-state index contributed by atoms with van der Waals surface area (Å²) >= 11 is 5.72. The third-order valence-electron chi connectivity index (χ3n) is 21.2. The molecule has 1 aromatic heterocycles. The summed E-state index contributed by atoms with van der Waals surface area (Å²) in [6.07, 6.45) is 24.2. The van der Waals surface area contributed by atoms with Crippen LogP contribution in [0.5, 0.6) is 5.75 Å². The molecular formula is C105H209ClN11O17PS. The maximum absolute atomic E-state index is 12.8. The first-order chi connectivity index (χ1) is 62.2. The minimum absolute atomic E-state index is 0. The zero-order chi connectivity index (χ0) is 99.8. The number of nitrogen functional groups attached to an aromatic ring is 2. The lowest BCUT2D eigenvalue weighted by molar-refractivity contribution is 0.0245. The van der Waals surface area contributed by atoms with E-state index in [2.05, 4.69) is 208 Å². The molecule has 0 spiro atoms. The van der Waals surface area contributed by atoms with Gasteiger partial charge in [-0.1, -0.05) is 214 Å².